The lowest BCUT2D eigenvalue weighted by atomic mass is 9.74. The quantitative estimate of drug-likeness (QED) is 0.870. The first kappa shape index (κ1) is 17.1. The third-order valence-corrected chi connectivity index (χ3v) is 4.07. The molecule has 1 saturated heterocycles. The predicted octanol–water partition coefficient (Wildman–Crippen LogP) is 3.22. The Hall–Kier alpha value is -1.25. The summed E-state index contributed by atoms with van der Waals surface area (Å²) in [4.78, 5) is 0. The van der Waals surface area contributed by atoms with Crippen LogP contribution in [0.3, 0.4) is 0 Å². The van der Waals surface area contributed by atoms with E-state index < -0.39 is 30.6 Å². The van der Waals surface area contributed by atoms with Crippen molar-refractivity contribution in [2.75, 3.05) is 0 Å². The molecule has 0 aromatic heterocycles. The van der Waals surface area contributed by atoms with Gasteiger partial charge in [-0.25, -0.2) is 0 Å². The van der Waals surface area contributed by atoms with Gasteiger partial charge >= 0.3 is 13.5 Å². The topological polar surface area (TPSA) is 53.7 Å². The Morgan fingerprint density at radius 2 is 1.59 bits per heavy atom. The molecule has 0 radical (unpaired) electrons. The van der Waals surface area contributed by atoms with Gasteiger partial charge in [0.25, 0.3) is 0 Å². The molecule has 0 saturated carbocycles. The van der Waals surface area contributed by atoms with Crippen LogP contribution in [0.15, 0.2) is 24.3 Å². The van der Waals surface area contributed by atoms with Crippen molar-refractivity contribution in [3.63, 3.8) is 0 Å². The summed E-state index contributed by atoms with van der Waals surface area (Å²) in [5, 5.41) is 0. The number of hydrogen-bond donors (Lipinski definition) is 1. The zero-order valence-corrected chi connectivity index (χ0v) is 12.9. The number of para-hydroxylation sites is 1. The normalized spacial score (nSPS) is 21.7. The summed E-state index contributed by atoms with van der Waals surface area (Å²) in [6.07, 6.45) is -4.79. The van der Waals surface area contributed by atoms with E-state index in [-0.39, 0.29) is 11.3 Å². The van der Waals surface area contributed by atoms with Crippen molar-refractivity contribution in [1.29, 1.82) is 0 Å². The highest BCUT2D eigenvalue weighted by molar-refractivity contribution is 6.47. The van der Waals surface area contributed by atoms with E-state index in [0.29, 0.717) is 0 Å². The largest absolute Gasteiger partial charge is 0.573 e. The van der Waals surface area contributed by atoms with E-state index in [1.54, 1.807) is 6.07 Å². The zero-order chi connectivity index (χ0) is 16.8. The first-order valence-electron chi connectivity index (χ1n) is 6.89. The van der Waals surface area contributed by atoms with Gasteiger partial charge in [-0.2, -0.15) is 0 Å². The minimum absolute atomic E-state index is 0.179. The number of benzene rings is 1. The maximum absolute atomic E-state index is 12.5. The highest BCUT2D eigenvalue weighted by atomic mass is 19.4. The fourth-order valence-corrected chi connectivity index (χ4v) is 2.16. The van der Waals surface area contributed by atoms with E-state index >= 15 is 0 Å². The number of alkyl halides is 3. The average molecular weight is 317 g/mol. The van der Waals surface area contributed by atoms with E-state index in [9.17, 15) is 13.2 Å². The Balaban J connectivity index is 2.26. The van der Waals surface area contributed by atoms with Crippen LogP contribution in [0.2, 0.25) is 0 Å². The standard InChI is InChI=1S/C14H19BF3NO3/c1-12(2)13(3,4)22-15(21-12)11(19)9-7-5-6-8-10(9)20-14(16,17)18/h5-8,11H,19H2,1-4H3/t11-/m0/s1. The molecule has 8 heteroatoms. The second kappa shape index (κ2) is 5.44. The zero-order valence-electron chi connectivity index (χ0n) is 12.9. The summed E-state index contributed by atoms with van der Waals surface area (Å²) in [5.41, 5.74) is 5.01. The summed E-state index contributed by atoms with van der Waals surface area (Å²) in [6.45, 7) is 7.38. The van der Waals surface area contributed by atoms with Gasteiger partial charge in [0.15, 0.2) is 0 Å². The average Bonchev–Trinajstić information content (AvgIpc) is 2.56. The first-order chi connectivity index (χ1) is 9.93. The highest BCUT2D eigenvalue weighted by Crippen LogP contribution is 2.41. The molecule has 1 fully saturated rings. The van der Waals surface area contributed by atoms with Crippen LogP contribution < -0.4 is 10.5 Å². The molecule has 1 aliphatic heterocycles. The molecule has 1 atom stereocenters. The molecule has 0 amide bonds. The summed E-state index contributed by atoms with van der Waals surface area (Å²) in [5.74, 6) is -1.25. The maximum atomic E-state index is 12.5. The maximum Gasteiger partial charge on any atom is 0.573 e. The molecule has 0 spiro atoms. The van der Waals surface area contributed by atoms with E-state index in [4.69, 9.17) is 15.0 Å². The molecule has 122 valence electrons. The van der Waals surface area contributed by atoms with Crippen LogP contribution in [-0.2, 0) is 9.31 Å². The lowest BCUT2D eigenvalue weighted by Crippen LogP contribution is -2.41. The van der Waals surface area contributed by atoms with Crippen molar-refractivity contribution in [2.45, 2.75) is 51.2 Å². The molecule has 0 aliphatic carbocycles. The van der Waals surface area contributed by atoms with Crippen LogP contribution in [0.5, 0.6) is 5.75 Å². The van der Waals surface area contributed by atoms with Gasteiger partial charge in [0.1, 0.15) is 5.75 Å². The molecular formula is C14H19BF3NO3. The fraction of sp³-hybridized carbons (Fsp3) is 0.571. The number of halogens is 3. The third-order valence-electron chi connectivity index (χ3n) is 4.07. The lowest BCUT2D eigenvalue weighted by Gasteiger charge is -2.32. The van der Waals surface area contributed by atoms with E-state index in [1.165, 1.54) is 18.2 Å². The molecule has 2 rings (SSSR count). The minimum Gasteiger partial charge on any atom is -0.405 e. The molecule has 1 heterocycles. The molecule has 4 nitrogen and oxygen atoms in total. The first-order valence-corrected chi connectivity index (χ1v) is 6.89. The lowest BCUT2D eigenvalue weighted by molar-refractivity contribution is -0.274. The number of ether oxygens (including phenoxy) is 1. The molecule has 1 aliphatic rings. The Morgan fingerprint density at radius 1 is 1.09 bits per heavy atom. The Kier molecular flexibility index (Phi) is 4.23. The fourth-order valence-electron chi connectivity index (χ4n) is 2.16. The van der Waals surface area contributed by atoms with Crippen molar-refractivity contribution in [3.05, 3.63) is 29.8 Å². The molecule has 0 bridgehead atoms. The van der Waals surface area contributed by atoms with Crippen molar-refractivity contribution < 1.29 is 27.2 Å². The van der Waals surface area contributed by atoms with Crippen LogP contribution in [0.4, 0.5) is 13.2 Å². The molecular weight excluding hydrogens is 298 g/mol. The number of rotatable bonds is 3. The van der Waals surface area contributed by atoms with Gasteiger partial charge in [0.05, 0.1) is 17.1 Å². The highest BCUT2D eigenvalue weighted by Gasteiger charge is 2.53. The Morgan fingerprint density at radius 3 is 2.09 bits per heavy atom. The van der Waals surface area contributed by atoms with Gasteiger partial charge in [0.2, 0.25) is 0 Å². The van der Waals surface area contributed by atoms with Crippen LogP contribution >= 0.6 is 0 Å². The molecule has 0 unspecified atom stereocenters. The van der Waals surface area contributed by atoms with Crippen molar-refractivity contribution in [3.8, 4) is 5.75 Å². The second-order valence-corrected chi connectivity index (χ2v) is 6.24. The van der Waals surface area contributed by atoms with Crippen molar-refractivity contribution in [2.24, 2.45) is 5.73 Å². The van der Waals surface area contributed by atoms with Gasteiger partial charge in [-0.05, 0) is 33.8 Å². The van der Waals surface area contributed by atoms with Gasteiger partial charge in [-0.15, -0.1) is 13.2 Å². The summed E-state index contributed by atoms with van der Waals surface area (Å²) >= 11 is 0. The van der Waals surface area contributed by atoms with E-state index in [1.807, 2.05) is 27.7 Å². The second-order valence-electron chi connectivity index (χ2n) is 6.24. The van der Waals surface area contributed by atoms with Gasteiger partial charge in [-0.3, -0.25) is 0 Å². The van der Waals surface area contributed by atoms with Gasteiger partial charge in [-0.1, -0.05) is 18.2 Å². The van der Waals surface area contributed by atoms with Crippen molar-refractivity contribution >= 4 is 7.12 Å². The minimum atomic E-state index is -4.79. The predicted molar refractivity (Wildman–Crippen MR) is 76.1 cm³/mol. The van der Waals surface area contributed by atoms with Crippen molar-refractivity contribution in [1.82, 2.24) is 0 Å². The van der Waals surface area contributed by atoms with Gasteiger partial charge < -0.3 is 19.8 Å². The Bertz CT molecular complexity index is 532. The van der Waals surface area contributed by atoms with Crippen LogP contribution in [-0.4, -0.2) is 24.7 Å². The Labute approximate surface area is 127 Å². The number of hydrogen-bond acceptors (Lipinski definition) is 4. The molecule has 1 aromatic rings. The molecule has 1 aromatic carbocycles. The summed E-state index contributed by atoms with van der Waals surface area (Å²) < 4.78 is 53.0. The van der Waals surface area contributed by atoms with Crippen LogP contribution in [0.25, 0.3) is 0 Å². The monoisotopic (exact) mass is 317 g/mol. The summed E-state index contributed by atoms with van der Waals surface area (Å²) in [7, 11) is -0.858. The van der Waals surface area contributed by atoms with Crippen LogP contribution in [0, 0.1) is 0 Å². The molecule has 2 N–H and O–H groups in total. The smallest absolute Gasteiger partial charge is 0.405 e. The summed E-state index contributed by atoms with van der Waals surface area (Å²) in [6, 6.07) is 5.72. The van der Waals surface area contributed by atoms with E-state index in [0.717, 1.165) is 0 Å². The van der Waals surface area contributed by atoms with Crippen LogP contribution in [0.1, 0.15) is 39.2 Å². The van der Waals surface area contributed by atoms with E-state index in [2.05, 4.69) is 4.74 Å². The SMILES string of the molecule is CC1(C)OB([C@@H](N)c2ccccc2OC(F)(F)F)OC1(C)C. The molecule has 22 heavy (non-hydrogen) atoms. The third kappa shape index (κ3) is 3.39. The van der Waals surface area contributed by atoms with Gasteiger partial charge in [0, 0.05) is 5.56 Å². The number of nitrogens with two attached hydrogens (primary N) is 1.